The van der Waals surface area contributed by atoms with Crippen molar-refractivity contribution in [3.8, 4) is 0 Å². The predicted octanol–water partition coefficient (Wildman–Crippen LogP) is 6.20. The molecule has 0 aliphatic carbocycles. The van der Waals surface area contributed by atoms with E-state index in [1.165, 1.54) is 11.1 Å². The molecule has 0 fully saturated rings. The first kappa shape index (κ1) is 21.5. The molecule has 5 heteroatoms. The number of carbonyl (C=O) groups is 1. The number of cyclic esters (lactones) is 1. The zero-order valence-electron chi connectivity index (χ0n) is 17.7. The second-order valence-corrected chi connectivity index (χ2v) is 7.73. The fraction of sp³-hybridized carbons (Fsp3) is 0.320. The molecule has 0 aromatic carbocycles. The van der Waals surface area contributed by atoms with Crippen LogP contribution < -0.4 is 0 Å². The summed E-state index contributed by atoms with van der Waals surface area (Å²) in [5.74, 6) is 0.812. The van der Waals surface area contributed by atoms with Crippen LogP contribution in [-0.4, -0.2) is 11.1 Å². The Morgan fingerprint density at radius 1 is 1.27 bits per heavy atom. The molecular weight excluding hydrogens is 380 g/mol. The normalized spacial score (nSPS) is 17.4. The van der Waals surface area contributed by atoms with E-state index in [0.717, 1.165) is 37.0 Å². The first-order valence-corrected chi connectivity index (χ1v) is 10.2. The van der Waals surface area contributed by atoms with Crippen molar-refractivity contribution in [2.45, 2.75) is 46.5 Å². The molecule has 0 radical (unpaired) electrons. The SMILES string of the molecule is CC1=C(O)/C(=C/C(C)C/C=C/C(C)=C/CCc2coc(Cc3ccoc3)c2)OC1=O. The van der Waals surface area contributed by atoms with Gasteiger partial charge in [0.2, 0.25) is 0 Å². The molecule has 2 aromatic heterocycles. The molecular formula is C25H28O5. The maximum Gasteiger partial charge on any atom is 0.343 e. The van der Waals surface area contributed by atoms with E-state index < -0.39 is 5.97 Å². The van der Waals surface area contributed by atoms with Crippen LogP contribution in [0.2, 0.25) is 0 Å². The van der Waals surface area contributed by atoms with Gasteiger partial charge in [0, 0.05) is 6.42 Å². The minimum Gasteiger partial charge on any atom is -0.504 e. The van der Waals surface area contributed by atoms with E-state index in [9.17, 15) is 9.90 Å². The number of allylic oxidation sites excluding steroid dienone is 5. The van der Waals surface area contributed by atoms with Crippen LogP contribution in [0.1, 0.15) is 50.5 Å². The summed E-state index contributed by atoms with van der Waals surface area (Å²) < 4.78 is 15.8. The molecule has 3 heterocycles. The summed E-state index contributed by atoms with van der Waals surface area (Å²) in [7, 11) is 0. The number of carbonyl (C=O) groups excluding carboxylic acids is 1. The van der Waals surface area contributed by atoms with Gasteiger partial charge in [-0.2, -0.15) is 0 Å². The van der Waals surface area contributed by atoms with Crippen LogP contribution in [0.25, 0.3) is 0 Å². The molecule has 1 aliphatic heterocycles. The van der Waals surface area contributed by atoms with Gasteiger partial charge in [0.25, 0.3) is 0 Å². The van der Waals surface area contributed by atoms with Gasteiger partial charge >= 0.3 is 5.97 Å². The third kappa shape index (κ3) is 5.89. The van der Waals surface area contributed by atoms with Crippen molar-refractivity contribution in [2.24, 2.45) is 5.92 Å². The van der Waals surface area contributed by atoms with Gasteiger partial charge in [0.05, 0.1) is 24.4 Å². The van der Waals surface area contributed by atoms with Gasteiger partial charge in [0.15, 0.2) is 11.5 Å². The molecule has 0 bridgehead atoms. The summed E-state index contributed by atoms with van der Waals surface area (Å²) in [5.41, 5.74) is 3.75. The number of hydrogen-bond acceptors (Lipinski definition) is 5. The van der Waals surface area contributed by atoms with Crippen molar-refractivity contribution in [1.29, 1.82) is 0 Å². The van der Waals surface area contributed by atoms with Crippen molar-refractivity contribution >= 4 is 5.97 Å². The maximum absolute atomic E-state index is 11.4. The second kappa shape index (κ2) is 10.0. The number of aliphatic hydroxyl groups excluding tert-OH is 1. The zero-order chi connectivity index (χ0) is 21.5. The third-order valence-corrected chi connectivity index (χ3v) is 4.99. The Balaban J connectivity index is 1.42. The molecule has 0 spiro atoms. The van der Waals surface area contributed by atoms with E-state index in [1.54, 1.807) is 25.5 Å². The van der Waals surface area contributed by atoms with Crippen molar-refractivity contribution in [2.75, 3.05) is 0 Å². The molecule has 158 valence electrons. The highest BCUT2D eigenvalue weighted by Crippen LogP contribution is 2.25. The van der Waals surface area contributed by atoms with Crippen molar-refractivity contribution < 1.29 is 23.5 Å². The highest BCUT2D eigenvalue weighted by Gasteiger charge is 2.26. The number of aryl methyl sites for hydroxylation is 1. The molecule has 2 aromatic rings. The average molecular weight is 408 g/mol. The predicted molar refractivity (Wildman–Crippen MR) is 115 cm³/mol. The summed E-state index contributed by atoms with van der Waals surface area (Å²) >= 11 is 0. The monoisotopic (exact) mass is 408 g/mol. The Labute approximate surface area is 177 Å². The number of rotatable bonds is 9. The largest absolute Gasteiger partial charge is 0.504 e. The van der Waals surface area contributed by atoms with E-state index in [4.69, 9.17) is 13.6 Å². The Bertz CT molecular complexity index is 983. The van der Waals surface area contributed by atoms with Gasteiger partial charge < -0.3 is 18.7 Å². The summed E-state index contributed by atoms with van der Waals surface area (Å²) in [4.78, 5) is 11.4. The van der Waals surface area contributed by atoms with E-state index in [1.807, 2.05) is 19.3 Å². The standard InChI is InChI=1S/C25H28O5/c1-17(6-4-8-18(2)12-23-24(26)19(3)25(27)30-23)7-5-9-20-13-22(29-16-20)14-21-10-11-28-15-21/h4,6-7,10-13,15-16,18,26H,5,8-9,14H2,1-3H3/b6-4+,17-7+,23-12-. The van der Waals surface area contributed by atoms with Crippen LogP contribution in [0.4, 0.5) is 0 Å². The molecule has 30 heavy (non-hydrogen) atoms. The summed E-state index contributed by atoms with van der Waals surface area (Å²) in [6.45, 7) is 5.66. The first-order chi connectivity index (χ1) is 14.4. The van der Waals surface area contributed by atoms with Gasteiger partial charge in [-0.25, -0.2) is 4.79 Å². The lowest BCUT2D eigenvalue weighted by Crippen LogP contribution is -1.97. The van der Waals surface area contributed by atoms with E-state index in [2.05, 4.69) is 31.2 Å². The van der Waals surface area contributed by atoms with Crippen molar-refractivity contribution in [1.82, 2.24) is 0 Å². The number of furan rings is 2. The van der Waals surface area contributed by atoms with Crippen molar-refractivity contribution in [3.05, 3.63) is 94.8 Å². The number of hydrogen-bond donors (Lipinski definition) is 1. The van der Waals surface area contributed by atoms with Gasteiger partial charge in [-0.1, -0.05) is 30.7 Å². The van der Waals surface area contributed by atoms with E-state index in [0.29, 0.717) is 0 Å². The van der Waals surface area contributed by atoms with Crippen LogP contribution in [0.3, 0.4) is 0 Å². The van der Waals surface area contributed by atoms with E-state index in [-0.39, 0.29) is 23.0 Å². The summed E-state index contributed by atoms with van der Waals surface area (Å²) in [6.07, 6.45) is 16.8. The zero-order valence-corrected chi connectivity index (χ0v) is 17.7. The lowest BCUT2D eigenvalue weighted by atomic mass is 10.0. The topological polar surface area (TPSA) is 72.8 Å². The lowest BCUT2D eigenvalue weighted by molar-refractivity contribution is -0.133. The molecule has 5 nitrogen and oxygen atoms in total. The summed E-state index contributed by atoms with van der Waals surface area (Å²) in [5, 5.41) is 9.87. The number of ether oxygens (including phenoxy) is 1. The highest BCUT2D eigenvalue weighted by atomic mass is 16.6. The fourth-order valence-corrected chi connectivity index (χ4v) is 3.19. The smallest absolute Gasteiger partial charge is 0.343 e. The van der Waals surface area contributed by atoms with Crippen LogP contribution >= 0.6 is 0 Å². The Morgan fingerprint density at radius 3 is 2.80 bits per heavy atom. The minimum absolute atomic E-state index is 0.0564. The lowest BCUT2D eigenvalue weighted by Gasteiger charge is -2.04. The molecule has 1 unspecified atom stereocenters. The first-order valence-electron chi connectivity index (χ1n) is 10.2. The van der Waals surface area contributed by atoms with Gasteiger partial charge in [0.1, 0.15) is 5.76 Å². The van der Waals surface area contributed by atoms with Crippen molar-refractivity contribution in [3.63, 3.8) is 0 Å². The second-order valence-electron chi connectivity index (χ2n) is 7.73. The number of esters is 1. The molecule has 1 aliphatic rings. The molecule has 0 saturated carbocycles. The van der Waals surface area contributed by atoms with E-state index >= 15 is 0 Å². The van der Waals surface area contributed by atoms with Gasteiger partial charge in [-0.15, -0.1) is 0 Å². The molecule has 0 amide bonds. The Hall–Kier alpha value is -3.21. The van der Waals surface area contributed by atoms with Crippen LogP contribution in [0, 0.1) is 5.92 Å². The molecule has 3 rings (SSSR count). The van der Waals surface area contributed by atoms with Crippen LogP contribution in [-0.2, 0) is 22.4 Å². The average Bonchev–Trinajstić information content (AvgIpc) is 3.43. The van der Waals surface area contributed by atoms with Crippen LogP contribution in [0.15, 0.2) is 86.7 Å². The third-order valence-electron chi connectivity index (χ3n) is 4.99. The van der Waals surface area contributed by atoms with Gasteiger partial charge in [-0.05, 0) is 68.4 Å². The Kier molecular flexibility index (Phi) is 7.17. The van der Waals surface area contributed by atoms with Crippen LogP contribution in [0.5, 0.6) is 0 Å². The summed E-state index contributed by atoms with van der Waals surface area (Å²) in [6, 6.07) is 4.04. The quantitative estimate of drug-likeness (QED) is 0.395. The highest BCUT2D eigenvalue weighted by molar-refractivity contribution is 5.93. The molecule has 1 N–H and O–H groups in total. The minimum atomic E-state index is -0.480. The molecule has 1 atom stereocenters. The fourth-order valence-electron chi connectivity index (χ4n) is 3.19. The maximum atomic E-state index is 11.4. The Morgan fingerprint density at radius 2 is 2.10 bits per heavy atom. The van der Waals surface area contributed by atoms with Gasteiger partial charge in [-0.3, -0.25) is 0 Å². The number of aliphatic hydroxyl groups is 1. The molecule has 0 saturated heterocycles.